The van der Waals surface area contributed by atoms with Gasteiger partial charge < -0.3 is 15.1 Å². The standard InChI is InChI=1S/C17H25ClN4O.HI/c1-19-17(20-12-16(23)22-10-4-3-5-11-22)21(2)13-14-6-8-15(18)9-7-14;/h6-9H,3-5,10-13H2,1-2H3,(H,19,20);1H. The Morgan fingerprint density at radius 1 is 1.25 bits per heavy atom. The summed E-state index contributed by atoms with van der Waals surface area (Å²) in [6.45, 7) is 2.74. The van der Waals surface area contributed by atoms with Crippen molar-refractivity contribution in [2.75, 3.05) is 33.7 Å². The highest BCUT2D eigenvalue weighted by atomic mass is 127. The van der Waals surface area contributed by atoms with Crippen molar-refractivity contribution in [2.45, 2.75) is 25.8 Å². The van der Waals surface area contributed by atoms with E-state index in [9.17, 15) is 4.79 Å². The Balaban J connectivity index is 0.00000288. The van der Waals surface area contributed by atoms with E-state index in [-0.39, 0.29) is 36.4 Å². The average Bonchev–Trinajstić information content (AvgIpc) is 2.58. The van der Waals surface area contributed by atoms with Gasteiger partial charge in [0, 0.05) is 38.8 Å². The van der Waals surface area contributed by atoms with Crippen LogP contribution in [0.3, 0.4) is 0 Å². The minimum atomic E-state index is 0. The highest BCUT2D eigenvalue weighted by molar-refractivity contribution is 14.0. The Kier molecular flexibility index (Phi) is 9.43. The van der Waals surface area contributed by atoms with Crippen molar-refractivity contribution in [3.8, 4) is 0 Å². The van der Waals surface area contributed by atoms with Crippen LogP contribution in [0.1, 0.15) is 24.8 Å². The smallest absolute Gasteiger partial charge is 0.241 e. The molecule has 24 heavy (non-hydrogen) atoms. The number of aliphatic imine (C=N–C) groups is 1. The van der Waals surface area contributed by atoms with E-state index in [2.05, 4.69) is 10.3 Å². The summed E-state index contributed by atoms with van der Waals surface area (Å²) in [6, 6.07) is 7.73. The van der Waals surface area contributed by atoms with Gasteiger partial charge in [-0.1, -0.05) is 23.7 Å². The van der Waals surface area contributed by atoms with E-state index >= 15 is 0 Å². The summed E-state index contributed by atoms with van der Waals surface area (Å²) in [7, 11) is 3.68. The Bertz CT molecular complexity index is 544. The molecule has 134 valence electrons. The predicted molar refractivity (Wildman–Crippen MR) is 110 cm³/mol. The number of benzene rings is 1. The van der Waals surface area contributed by atoms with Crippen LogP contribution in [-0.4, -0.2) is 55.4 Å². The van der Waals surface area contributed by atoms with Gasteiger partial charge >= 0.3 is 0 Å². The number of halogens is 2. The molecule has 1 heterocycles. The summed E-state index contributed by atoms with van der Waals surface area (Å²) in [4.78, 5) is 20.4. The number of nitrogens with one attached hydrogen (secondary N) is 1. The molecule has 7 heteroatoms. The number of hydrogen-bond acceptors (Lipinski definition) is 2. The third-order valence-corrected chi connectivity index (χ3v) is 4.26. The predicted octanol–water partition coefficient (Wildman–Crippen LogP) is 2.98. The fourth-order valence-corrected chi connectivity index (χ4v) is 2.86. The Morgan fingerprint density at radius 3 is 2.46 bits per heavy atom. The molecule has 0 saturated carbocycles. The number of rotatable bonds is 4. The molecular formula is C17H26ClIN4O. The maximum absolute atomic E-state index is 12.2. The van der Waals surface area contributed by atoms with E-state index in [0.717, 1.165) is 36.5 Å². The van der Waals surface area contributed by atoms with E-state index < -0.39 is 0 Å². The topological polar surface area (TPSA) is 47.9 Å². The van der Waals surface area contributed by atoms with Crippen molar-refractivity contribution in [3.05, 3.63) is 34.9 Å². The second kappa shape index (κ2) is 10.8. The van der Waals surface area contributed by atoms with Crippen molar-refractivity contribution in [3.63, 3.8) is 0 Å². The molecule has 1 aromatic carbocycles. The van der Waals surface area contributed by atoms with Crippen LogP contribution in [0, 0.1) is 0 Å². The van der Waals surface area contributed by atoms with Gasteiger partial charge in [0.05, 0.1) is 6.54 Å². The number of carbonyl (C=O) groups is 1. The van der Waals surface area contributed by atoms with E-state index in [4.69, 9.17) is 11.6 Å². The van der Waals surface area contributed by atoms with Crippen LogP contribution in [0.15, 0.2) is 29.3 Å². The van der Waals surface area contributed by atoms with E-state index in [0.29, 0.717) is 12.5 Å². The molecule has 1 fully saturated rings. The van der Waals surface area contributed by atoms with Crippen LogP contribution in [-0.2, 0) is 11.3 Å². The van der Waals surface area contributed by atoms with E-state index in [1.54, 1.807) is 7.05 Å². The lowest BCUT2D eigenvalue weighted by molar-refractivity contribution is -0.130. The molecule has 2 rings (SSSR count). The summed E-state index contributed by atoms with van der Waals surface area (Å²) < 4.78 is 0. The van der Waals surface area contributed by atoms with Crippen molar-refractivity contribution < 1.29 is 4.79 Å². The quantitative estimate of drug-likeness (QED) is 0.423. The lowest BCUT2D eigenvalue weighted by Crippen LogP contribution is -2.46. The van der Waals surface area contributed by atoms with Crippen LogP contribution in [0.25, 0.3) is 0 Å². The van der Waals surface area contributed by atoms with E-state index in [1.165, 1.54) is 6.42 Å². The van der Waals surface area contributed by atoms with Gasteiger partial charge in [-0.2, -0.15) is 0 Å². The number of amides is 1. The fraction of sp³-hybridized carbons (Fsp3) is 0.529. The molecule has 1 saturated heterocycles. The molecule has 5 nitrogen and oxygen atoms in total. The van der Waals surface area contributed by atoms with Crippen LogP contribution in [0.4, 0.5) is 0 Å². The van der Waals surface area contributed by atoms with Crippen molar-refractivity contribution in [2.24, 2.45) is 4.99 Å². The van der Waals surface area contributed by atoms with Gasteiger partial charge in [0.2, 0.25) is 5.91 Å². The Labute approximate surface area is 166 Å². The Morgan fingerprint density at radius 2 is 1.88 bits per heavy atom. The van der Waals surface area contributed by atoms with Gasteiger partial charge in [0.15, 0.2) is 5.96 Å². The maximum atomic E-state index is 12.2. The monoisotopic (exact) mass is 464 g/mol. The Hall–Kier alpha value is -1.02. The first kappa shape index (κ1) is 21.0. The zero-order chi connectivity index (χ0) is 16.7. The van der Waals surface area contributed by atoms with Crippen molar-refractivity contribution in [1.82, 2.24) is 15.1 Å². The molecule has 0 radical (unpaired) electrons. The first-order valence-corrected chi connectivity index (χ1v) is 8.42. The average molecular weight is 465 g/mol. The number of carbonyl (C=O) groups excluding carboxylic acids is 1. The molecule has 1 aliphatic heterocycles. The van der Waals surface area contributed by atoms with E-state index in [1.807, 2.05) is 41.1 Å². The van der Waals surface area contributed by atoms with Gasteiger partial charge in [-0.05, 0) is 37.0 Å². The lowest BCUT2D eigenvalue weighted by Gasteiger charge is -2.28. The molecule has 0 bridgehead atoms. The minimum Gasteiger partial charge on any atom is -0.347 e. The molecule has 0 atom stereocenters. The third-order valence-electron chi connectivity index (χ3n) is 4.01. The van der Waals surface area contributed by atoms with Gasteiger partial charge in [0.25, 0.3) is 0 Å². The number of hydrogen-bond donors (Lipinski definition) is 1. The van der Waals surface area contributed by atoms with Gasteiger partial charge in [-0.25, -0.2) is 0 Å². The summed E-state index contributed by atoms with van der Waals surface area (Å²) in [6.07, 6.45) is 3.44. The van der Waals surface area contributed by atoms with Crippen LogP contribution in [0.2, 0.25) is 5.02 Å². The summed E-state index contributed by atoms with van der Waals surface area (Å²) >= 11 is 5.90. The third kappa shape index (κ3) is 6.47. The lowest BCUT2D eigenvalue weighted by atomic mass is 10.1. The summed E-state index contributed by atoms with van der Waals surface area (Å²) in [5, 5.41) is 3.88. The number of piperidine rings is 1. The largest absolute Gasteiger partial charge is 0.347 e. The molecule has 1 amide bonds. The molecule has 1 aromatic rings. The van der Waals surface area contributed by atoms with Gasteiger partial charge in [-0.15, -0.1) is 24.0 Å². The second-order valence-electron chi connectivity index (χ2n) is 5.82. The van der Waals surface area contributed by atoms with Crippen molar-refractivity contribution >= 4 is 47.4 Å². The number of guanidine groups is 1. The van der Waals surface area contributed by atoms with Crippen LogP contribution < -0.4 is 5.32 Å². The highest BCUT2D eigenvalue weighted by Crippen LogP contribution is 2.11. The molecule has 0 spiro atoms. The summed E-state index contributed by atoms with van der Waals surface area (Å²) in [5.41, 5.74) is 1.14. The number of nitrogens with zero attached hydrogens (tertiary/aromatic N) is 3. The molecule has 1 aliphatic rings. The van der Waals surface area contributed by atoms with Crippen molar-refractivity contribution in [1.29, 1.82) is 0 Å². The first-order chi connectivity index (χ1) is 11.1. The maximum Gasteiger partial charge on any atom is 0.241 e. The zero-order valence-corrected chi connectivity index (χ0v) is 17.4. The fourth-order valence-electron chi connectivity index (χ4n) is 2.73. The normalized spacial score (nSPS) is 14.8. The minimum absolute atomic E-state index is 0. The number of likely N-dealkylation sites (tertiary alicyclic amines) is 1. The SMILES string of the molecule is CN=C(NCC(=O)N1CCCCC1)N(C)Cc1ccc(Cl)cc1.I. The summed E-state index contributed by atoms with van der Waals surface area (Å²) in [5.74, 6) is 0.857. The molecule has 1 N–H and O–H groups in total. The van der Waals surface area contributed by atoms with Gasteiger partial charge in [0.1, 0.15) is 0 Å². The second-order valence-corrected chi connectivity index (χ2v) is 6.26. The molecule has 0 unspecified atom stereocenters. The highest BCUT2D eigenvalue weighted by Gasteiger charge is 2.17. The van der Waals surface area contributed by atoms with Gasteiger partial charge in [-0.3, -0.25) is 9.79 Å². The molecule has 0 aromatic heterocycles. The zero-order valence-electron chi connectivity index (χ0n) is 14.3. The molecule has 0 aliphatic carbocycles. The van der Waals surface area contributed by atoms with Crippen LogP contribution >= 0.6 is 35.6 Å². The van der Waals surface area contributed by atoms with Crippen LogP contribution in [0.5, 0.6) is 0 Å². The first-order valence-electron chi connectivity index (χ1n) is 8.04. The molecular weight excluding hydrogens is 439 g/mol.